The molecule has 3 aromatic rings. The lowest BCUT2D eigenvalue weighted by atomic mass is 10.1. The van der Waals surface area contributed by atoms with Gasteiger partial charge in [-0.25, -0.2) is 4.39 Å². The van der Waals surface area contributed by atoms with Gasteiger partial charge in [0.1, 0.15) is 24.7 Å². The molecule has 0 spiro atoms. The highest BCUT2D eigenvalue weighted by Crippen LogP contribution is 2.37. The van der Waals surface area contributed by atoms with Gasteiger partial charge in [0.2, 0.25) is 0 Å². The van der Waals surface area contributed by atoms with Gasteiger partial charge in [-0.15, -0.1) is 0 Å². The van der Waals surface area contributed by atoms with Crippen molar-refractivity contribution < 1.29 is 28.2 Å². The first kappa shape index (κ1) is 28.3. The second-order valence-corrected chi connectivity index (χ2v) is 9.79. The number of halogens is 2. The highest BCUT2D eigenvalue weighted by atomic mass is 79.9. The molecule has 1 aliphatic rings. The van der Waals surface area contributed by atoms with Crippen molar-refractivity contribution in [2.75, 3.05) is 25.7 Å². The summed E-state index contributed by atoms with van der Waals surface area (Å²) in [4.78, 5) is 28.7. The smallest absolute Gasteiger partial charge is 0.325 e. The highest BCUT2D eigenvalue weighted by molar-refractivity contribution is 9.10. The van der Waals surface area contributed by atoms with E-state index in [0.717, 1.165) is 17.5 Å². The molecule has 0 aromatic heterocycles. The minimum absolute atomic E-state index is 0.170. The molecule has 0 bridgehead atoms. The van der Waals surface area contributed by atoms with Crippen LogP contribution in [0.4, 0.5) is 10.1 Å². The monoisotopic (exact) mass is 612 g/mol. The first-order valence-corrected chi connectivity index (χ1v) is 13.2. The topological polar surface area (TPSA) is 68.3 Å². The van der Waals surface area contributed by atoms with Gasteiger partial charge in [-0.05, 0) is 77.8 Å². The van der Waals surface area contributed by atoms with Crippen LogP contribution in [0.1, 0.15) is 23.6 Å². The minimum Gasteiger partial charge on any atom is -0.493 e. The van der Waals surface area contributed by atoms with E-state index in [0.29, 0.717) is 27.2 Å². The minimum atomic E-state index is -0.541. The van der Waals surface area contributed by atoms with E-state index in [1.54, 1.807) is 30.3 Å². The predicted octanol–water partition coefficient (Wildman–Crippen LogP) is 5.89. The molecule has 1 fully saturated rings. The summed E-state index contributed by atoms with van der Waals surface area (Å²) in [6.45, 7) is 2.02. The van der Waals surface area contributed by atoms with Gasteiger partial charge >= 0.3 is 5.97 Å². The molecule has 39 heavy (non-hydrogen) atoms. The Morgan fingerprint density at radius 3 is 2.31 bits per heavy atom. The van der Waals surface area contributed by atoms with Gasteiger partial charge in [0.25, 0.3) is 5.91 Å². The maximum absolute atomic E-state index is 13.6. The summed E-state index contributed by atoms with van der Waals surface area (Å²) in [6, 6.07) is 17.0. The average molecular weight is 614 g/mol. The number of ether oxygens (including phenoxy) is 3. The van der Waals surface area contributed by atoms with Crippen LogP contribution in [0.5, 0.6) is 11.5 Å². The number of aryl methyl sites for hydroxylation is 1. The van der Waals surface area contributed by atoms with E-state index in [9.17, 15) is 14.0 Å². The van der Waals surface area contributed by atoms with Crippen molar-refractivity contribution in [3.8, 4) is 11.5 Å². The number of carbonyl (C=O) groups excluding carboxylic acids is 2. The Morgan fingerprint density at radius 2 is 1.69 bits per heavy atom. The van der Waals surface area contributed by atoms with Crippen molar-refractivity contribution in [3.63, 3.8) is 0 Å². The van der Waals surface area contributed by atoms with Crippen LogP contribution in [0, 0.1) is 5.82 Å². The van der Waals surface area contributed by atoms with Gasteiger partial charge in [-0.1, -0.05) is 47.1 Å². The molecule has 202 valence electrons. The Labute approximate surface area is 239 Å². The summed E-state index contributed by atoms with van der Waals surface area (Å²) >= 11 is 9.19. The van der Waals surface area contributed by atoms with Crippen LogP contribution in [0.3, 0.4) is 0 Å². The van der Waals surface area contributed by atoms with Crippen molar-refractivity contribution in [2.24, 2.45) is 0 Å². The summed E-state index contributed by atoms with van der Waals surface area (Å²) in [5.41, 5.74) is 3.31. The number of hydrogen-bond donors (Lipinski definition) is 0. The first-order chi connectivity index (χ1) is 18.7. The van der Waals surface area contributed by atoms with Crippen molar-refractivity contribution in [2.45, 2.75) is 20.0 Å². The van der Waals surface area contributed by atoms with E-state index < -0.39 is 5.97 Å². The molecule has 1 heterocycles. The van der Waals surface area contributed by atoms with Gasteiger partial charge < -0.3 is 19.1 Å². The van der Waals surface area contributed by atoms with Crippen molar-refractivity contribution >= 4 is 56.9 Å². The second kappa shape index (κ2) is 12.4. The first-order valence-electron chi connectivity index (χ1n) is 12.0. The lowest BCUT2D eigenvalue weighted by molar-refractivity contribution is -0.140. The summed E-state index contributed by atoms with van der Waals surface area (Å²) in [5, 5.41) is 0.170. The largest absolute Gasteiger partial charge is 0.493 e. The highest BCUT2D eigenvalue weighted by Gasteiger charge is 2.40. The number of thiocarbonyl (C=S) groups is 1. The number of benzene rings is 3. The molecule has 1 saturated heterocycles. The number of hydrogen-bond acceptors (Lipinski definition) is 6. The van der Waals surface area contributed by atoms with Crippen LogP contribution in [0.25, 0.3) is 6.08 Å². The van der Waals surface area contributed by atoms with Gasteiger partial charge in [0.05, 0.1) is 19.9 Å². The molecular formula is C29H26BrFN2O5S. The van der Waals surface area contributed by atoms with Gasteiger partial charge in [0, 0.05) is 4.47 Å². The Bertz CT molecular complexity index is 1430. The molecule has 0 saturated carbocycles. The molecule has 4 rings (SSSR count). The summed E-state index contributed by atoms with van der Waals surface area (Å²) in [7, 11) is 2.78. The third kappa shape index (κ3) is 6.29. The normalized spacial score (nSPS) is 14.2. The van der Waals surface area contributed by atoms with Gasteiger partial charge in [0.15, 0.2) is 16.6 Å². The molecule has 0 N–H and O–H groups in total. The lowest BCUT2D eigenvalue weighted by Crippen LogP contribution is -2.35. The fourth-order valence-corrected chi connectivity index (χ4v) is 4.75. The molecule has 7 nitrogen and oxygen atoms in total. The van der Waals surface area contributed by atoms with Crippen molar-refractivity contribution in [1.29, 1.82) is 0 Å². The average Bonchev–Trinajstić information content (AvgIpc) is 3.17. The fourth-order valence-electron chi connectivity index (χ4n) is 3.96. The fraction of sp³-hybridized carbons (Fsp3) is 0.207. The molecule has 0 aliphatic carbocycles. The Morgan fingerprint density at radius 1 is 1.03 bits per heavy atom. The summed E-state index contributed by atoms with van der Waals surface area (Å²) in [5.74, 6) is -0.369. The third-order valence-corrected chi connectivity index (χ3v) is 7.23. The number of rotatable bonds is 9. The van der Waals surface area contributed by atoms with E-state index in [1.165, 1.54) is 36.2 Å². The van der Waals surface area contributed by atoms with Crippen molar-refractivity contribution in [1.82, 2.24) is 4.90 Å². The zero-order valence-corrected chi connectivity index (χ0v) is 24.0. The molecular weight excluding hydrogens is 587 g/mol. The molecule has 1 aliphatic heterocycles. The third-order valence-electron chi connectivity index (χ3n) is 6.14. The van der Waals surface area contributed by atoms with E-state index in [1.807, 2.05) is 31.2 Å². The SMILES string of the molecule is CCc1ccc(N2C(=O)/C(=C/c3cc(OC)c(OCc4ccc(F)cc4)cc3Br)N(CC(=O)OC)C2=S)cc1. The van der Waals surface area contributed by atoms with Crippen LogP contribution < -0.4 is 14.4 Å². The molecule has 1 amide bonds. The number of carbonyl (C=O) groups is 2. The Kier molecular flexibility index (Phi) is 8.98. The number of nitrogens with zero attached hydrogens (tertiary/aromatic N) is 2. The zero-order valence-electron chi connectivity index (χ0n) is 21.6. The van der Waals surface area contributed by atoms with Gasteiger partial charge in [-0.3, -0.25) is 14.5 Å². The summed E-state index contributed by atoms with van der Waals surface area (Å²) < 4.78 is 30.1. The number of anilines is 1. The Hall–Kier alpha value is -3.76. The molecule has 0 radical (unpaired) electrons. The quantitative estimate of drug-likeness (QED) is 0.170. The van der Waals surface area contributed by atoms with E-state index >= 15 is 0 Å². The predicted molar refractivity (Wildman–Crippen MR) is 154 cm³/mol. The van der Waals surface area contributed by atoms with Crippen LogP contribution in [-0.4, -0.2) is 42.7 Å². The zero-order chi connectivity index (χ0) is 28.1. The van der Waals surface area contributed by atoms with E-state index in [2.05, 4.69) is 15.9 Å². The number of methoxy groups -OCH3 is 2. The van der Waals surface area contributed by atoms with Crippen LogP contribution in [0.2, 0.25) is 0 Å². The molecule has 0 atom stereocenters. The van der Waals surface area contributed by atoms with E-state index in [4.69, 9.17) is 26.4 Å². The summed E-state index contributed by atoms with van der Waals surface area (Å²) in [6.07, 6.45) is 2.49. The second-order valence-electron chi connectivity index (χ2n) is 8.57. The lowest BCUT2D eigenvalue weighted by Gasteiger charge is -2.19. The van der Waals surface area contributed by atoms with Gasteiger partial charge in [-0.2, -0.15) is 0 Å². The number of esters is 1. The molecule has 3 aromatic carbocycles. The van der Waals surface area contributed by atoms with Crippen LogP contribution in [-0.2, 0) is 27.4 Å². The van der Waals surface area contributed by atoms with E-state index in [-0.39, 0.29) is 35.7 Å². The Balaban J connectivity index is 1.68. The number of amides is 1. The van der Waals surface area contributed by atoms with Crippen molar-refractivity contribution in [3.05, 3.63) is 93.3 Å². The van der Waals surface area contributed by atoms with Crippen LogP contribution in [0.15, 0.2) is 70.8 Å². The van der Waals surface area contributed by atoms with Crippen LogP contribution >= 0.6 is 28.1 Å². The standard InChI is InChI=1S/C29H26BrFN2O5S/c1-4-18-7-11-22(12-8-18)33-28(35)24(32(29(33)39)16-27(34)37-3)13-20-14-25(36-2)26(15-23(20)30)38-17-19-5-9-21(31)10-6-19/h5-15H,4,16-17H2,1-3H3/b24-13-. The molecule has 0 unspecified atom stereocenters. The maximum Gasteiger partial charge on any atom is 0.325 e. The molecule has 10 heteroatoms. The maximum atomic E-state index is 13.6.